The van der Waals surface area contributed by atoms with Gasteiger partial charge in [-0.05, 0) is 126 Å². The Kier molecular flexibility index (Phi) is 5.70. The predicted octanol–water partition coefficient (Wildman–Crippen LogP) is 10.9. The van der Waals surface area contributed by atoms with Crippen LogP contribution in [0.25, 0.3) is 16.7 Å². The molecule has 43 heavy (non-hydrogen) atoms. The Hall–Kier alpha value is -4.36. The zero-order chi connectivity index (χ0) is 29.6. The van der Waals surface area contributed by atoms with E-state index in [1.165, 1.54) is 83.7 Å². The SMILES string of the molecule is Cc1ccc(N(c2ccc(C)cc2C)C2CC3=C(c4cc5c(cc4C3)-c3ccccc3C5(C)C)c3ccccc32)c(C)c1. The summed E-state index contributed by atoms with van der Waals surface area (Å²) >= 11 is 0. The molecular formula is C42H39N. The van der Waals surface area contributed by atoms with Gasteiger partial charge in [0.2, 0.25) is 0 Å². The summed E-state index contributed by atoms with van der Waals surface area (Å²) in [6.45, 7) is 13.7. The van der Waals surface area contributed by atoms with Crippen LogP contribution in [0.5, 0.6) is 0 Å². The van der Waals surface area contributed by atoms with Crippen molar-refractivity contribution in [1.82, 2.24) is 0 Å². The molecule has 0 saturated heterocycles. The normalized spacial score (nSPS) is 17.2. The van der Waals surface area contributed by atoms with Crippen LogP contribution in [-0.2, 0) is 11.8 Å². The lowest BCUT2D eigenvalue weighted by atomic mass is 9.79. The van der Waals surface area contributed by atoms with E-state index in [9.17, 15) is 0 Å². The van der Waals surface area contributed by atoms with Gasteiger partial charge in [0.1, 0.15) is 0 Å². The van der Waals surface area contributed by atoms with Crippen molar-refractivity contribution in [1.29, 1.82) is 0 Å². The minimum absolute atomic E-state index is 0.00369. The van der Waals surface area contributed by atoms with Gasteiger partial charge in [-0.3, -0.25) is 0 Å². The van der Waals surface area contributed by atoms with Gasteiger partial charge in [0.15, 0.2) is 0 Å². The molecule has 0 fully saturated rings. The number of anilines is 2. The van der Waals surface area contributed by atoms with E-state index in [-0.39, 0.29) is 11.5 Å². The maximum absolute atomic E-state index is 2.65. The Bertz CT molecular complexity index is 1950. The molecule has 3 aliphatic carbocycles. The number of nitrogens with zero attached hydrogens (tertiary/aromatic N) is 1. The third kappa shape index (κ3) is 3.84. The molecule has 0 amide bonds. The molecule has 212 valence electrons. The summed E-state index contributed by atoms with van der Waals surface area (Å²) in [5.41, 5.74) is 22.4. The number of hydrogen-bond acceptors (Lipinski definition) is 1. The Balaban J connectivity index is 1.30. The van der Waals surface area contributed by atoms with Crippen LogP contribution in [0.2, 0.25) is 0 Å². The van der Waals surface area contributed by atoms with Crippen LogP contribution < -0.4 is 4.90 Å². The minimum Gasteiger partial charge on any atom is -0.333 e. The fourth-order valence-corrected chi connectivity index (χ4v) is 8.40. The molecule has 1 heteroatoms. The van der Waals surface area contributed by atoms with Crippen molar-refractivity contribution in [3.63, 3.8) is 0 Å². The van der Waals surface area contributed by atoms with E-state index in [2.05, 4.69) is 144 Å². The van der Waals surface area contributed by atoms with Crippen molar-refractivity contribution in [3.05, 3.63) is 158 Å². The molecule has 0 saturated carbocycles. The molecule has 0 heterocycles. The van der Waals surface area contributed by atoms with Crippen LogP contribution >= 0.6 is 0 Å². The average Bonchev–Trinajstić information content (AvgIpc) is 3.46. The van der Waals surface area contributed by atoms with Crippen molar-refractivity contribution in [2.24, 2.45) is 0 Å². The molecular weight excluding hydrogens is 518 g/mol. The van der Waals surface area contributed by atoms with Gasteiger partial charge in [0.25, 0.3) is 0 Å². The zero-order valence-corrected chi connectivity index (χ0v) is 26.2. The number of fused-ring (bicyclic) bond motifs is 7. The lowest BCUT2D eigenvalue weighted by Gasteiger charge is -2.40. The molecule has 1 atom stereocenters. The van der Waals surface area contributed by atoms with E-state index in [4.69, 9.17) is 0 Å². The van der Waals surface area contributed by atoms with E-state index >= 15 is 0 Å². The topological polar surface area (TPSA) is 3.24 Å². The smallest absolute Gasteiger partial charge is 0.0635 e. The van der Waals surface area contributed by atoms with Gasteiger partial charge in [-0.25, -0.2) is 0 Å². The molecule has 0 N–H and O–H groups in total. The molecule has 8 rings (SSSR count). The van der Waals surface area contributed by atoms with E-state index in [0.29, 0.717) is 0 Å². The van der Waals surface area contributed by atoms with Crippen LogP contribution in [0.15, 0.2) is 103 Å². The highest BCUT2D eigenvalue weighted by molar-refractivity contribution is 5.94. The first kappa shape index (κ1) is 26.3. The molecule has 0 aromatic heterocycles. The lowest BCUT2D eigenvalue weighted by molar-refractivity contribution is 0.660. The van der Waals surface area contributed by atoms with Gasteiger partial charge in [-0.15, -0.1) is 0 Å². The summed E-state index contributed by atoms with van der Waals surface area (Å²) in [4.78, 5) is 2.65. The molecule has 0 bridgehead atoms. The largest absolute Gasteiger partial charge is 0.333 e. The average molecular weight is 558 g/mol. The van der Waals surface area contributed by atoms with Crippen LogP contribution in [0, 0.1) is 27.7 Å². The van der Waals surface area contributed by atoms with Crippen molar-refractivity contribution in [2.45, 2.75) is 65.8 Å². The third-order valence-electron chi connectivity index (χ3n) is 10.4. The number of benzene rings is 5. The number of hydrogen-bond donors (Lipinski definition) is 0. The van der Waals surface area contributed by atoms with Crippen molar-refractivity contribution in [2.75, 3.05) is 4.90 Å². The van der Waals surface area contributed by atoms with Gasteiger partial charge in [0, 0.05) is 16.8 Å². The van der Waals surface area contributed by atoms with Crippen LogP contribution in [0.3, 0.4) is 0 Å². The molecule has 0 spiro atoms. The van der Waals surface area contributed by atoms with Gasteiger partial charge < -0.3 is 4.90 Å². The second-order valence-corrected chi connectivity index (χ2v) is 13.6. The number of aryl methyl sites for hydroxylation is 4. The van der Waals surface area contributed by atoms with Gasteiger partial charge in [-0.1, -0.05) is 103 Å². The Labute approximate surface area is 256 Å². The van der Waals surface area contributed by atoms with E-state index in [0.717, 1.165) is 12.8 Å². The standard InChI is InChI=1S/C42H39N/c1-25-15-17-38(27(3)19-25)43(39-18-16-26(2)20-28(39)4)40-23-30-21-29-22-35-31-11-9-10-14-36(31)42(5,6)37(35)24-34(29)41(30)33-13-8-7-12-32(33)40/h7-20,22,24,40H,21,23H2,1-6H3. The molecule has 0 aliphatic heterocycles. The zero-order valence-electron chi connectivity index (χ0n) is 26.2. The Morgan fingerprint density at radius 2 is 1.23 bits per heavy atom. The summed E-state index contributed by atoms with van der Waals surface area (Å²) in [7, 11) is 0. The van der Waals surface area contributed by atoms with Crippen LogP contribution in [-0.4, -0.2) is 0 Å². The number of rotatable bonds is 3. The maximum Gasteiger partial charge on any atom is 0.0635 e. The van der Waals surface area contributed by atoms with Crippen LogP contribution in [0.1, 0.15) is 81.9 Å². The molecule has 1 nitrogen and oxygen atoms in total. The Morgan fingerprint density at radius 1 is 0.605 bits per heavy atom. The first-order valence-corrected chi connectivity index (χ1v) is 15.7. The fourth-order valence-electron chi connectivity index (χ4n) is 8.40. The lowest BCUT2D eigenvalue weighted by Crippen LogP contribution is -2.28. The molecule has 0 radical (unpaired) electrons. The predicted molar refractivity (Wildman–Crippen MR) is 182 cm³/mol. The van der Waals surface area contributed by atoms with Crippen molar-refractivity contribution >= 4 is 16.9 Å². The summed E-state index contributed by atoms with van der Waals surface area (Å²) < 4.78 is 0. The highest BCUT2D eigenvalue weighted by atomic mass is 15.2. The van der Waals surface area contributed by atoms with Gasteiger partial charge in [-0.2, -0.15) is 0 Å². The fraction of sp³-hybridized carbons (Fsp3) is 0.238. The molecule has 1 unspecified atom stereocenters. The first-order valence-electron chi connectivity index (χ1n) is 15.7. The van der Waals surface area contributed by atoms with Gasteiger partial charge in [0.05, 0.1) is 6.04 Å². The summed E-state index contributed by atoms with van der Waals surface area (Å²) in [5.74, 6) is 0. The quantitative estimate of drug-likeness (QED) is 0.213. The van der Waals surface area contributed by atoms with E-state index < -0.39 is 0 Å². The third-order valence-corrected chi connectivity index (χ3v) is 10.4. The minimum atomic E-state index is 0.00369. The van der Waals surface area contributed by atoms with E-state index in [1.807, 2.05) is 0 Å². The van der Waals surface area contributed by atoms with Crippen molar-refractivity contribution < 1.29 is 0 Å². The van der Waals surface area contributed by atoms with Gasteiger partial charge >= 0.3 is 0 Å². The first-order chi connectivity index (χ1) is 20.7. The van der Waals surface area contributed by atoms with E-state index in [1.54, 1.807) is 5.57 Å². The maximum atomic E-state index is 2.65. The summed E-state index contributed by atoms with van der Waals surface area (Å²) in [6, 6.07) is 37.4. The monoisotopic (exact) mass is 557 g/mol. The second kappa shape index (κ2) is 9.32. The van der Waals surface area contributed by atoms with Crippen molar-refractivity contribution in [3.8, 4) is 11.1 Å². The Morgan fingerprint density at radius 3 is 1.91 bits per heavy atom. The highest BCUT2D eigenvalue weighted by Gasteiger charge is 2.40. The molecule has 5 aromatic rings. The molecule has 3 aliphatic rings. The van der Waals surface area contributed by atoms with Crippen LogP contribution in [0.4, 0.5) is 11.4 Å². The summed E-state index contributed by atoms with van der Waals surface area (Å²) in [6.07, 6.45) is 2.05. The summed E-state index contributed by atoms with van der Waals surface area (Å²) in [5, 5.41) is 0. The second-order valence-electron chi connectivity index (χ2n) is 13.6. The molecule has 5 aromatic carbocycles. The highest BCUT2D eigenvalue weighted by Crippen LogP contribution is 2.55.